The van der Waals surface area contributed by atoms with E-state index in [9.17, 15) is 4.79 Å². The zero-order valence-electron chi connectivity index (χ0n) is 29.8. The molecule has 0 saturated heterocycles. The fourth-order valence-corrected chi connectivity index (χ4v) is 6.57. The lowest BCUT2D eigenvalue weighted by molar-refractivity contribution is -0.119. The van der Waals surface area contributed by atoms with Crippen molar-refractivity contribution in [2.24, 2.45) is 0 Å². The van der Waals surface area contributed by atoms with Crippen molar-refractivity contribution in [1.82, 2.24) is 0 Å². The van der Waals surface area contributed by atoms with Gasteiger partial charge in [-0.2, -0.15) is 0 Å². The van der Waals surface area contributed by atoms with Gasteiger partial charge in [-0.05, 0) is 12.8 Å². The van der Waals surface area contributed by atoms with Gasteiger partial charge in [0.25, 0.3) is 0 Å². The molecule has 0 fully saturated rings. The smallest absolute Gasteiger partial charge is 0.132 e. The summed E-state index contributed by atoms with van der Waals surface area (Å²) in [5.41, 5.74) is 0. The summed E-state index contributed by atoms with van der Waals surface area (Å²) in [5, 5.41) is 0. The molecule has 0 saturated carbocycles. The minimum Gasteiger partial charge on any atom is -0.300 e. The van der Waals surface area contributed by atoms with E-state index in [0.717, 1.165) is 25.7 Å². The lowest BCUT2D eigenvalue weighted by Gasteiger charge is -2.05. The number of hydrogen-bond acceptors (Lipinski definition) is 1. The maximum Gasteiger partial charge on any atom is 0.132 e. The van der Waals surface area contributed by atoms with E-state index in [1.165, 1.54) is 218 Å². The third-order valence-electron chi connectivity index (χ3n) is 9.62. The third-order valence-corrected chi connectivity index (χ3v) is 9.62. The molecule has 0 unspecified atom stereocenters. The summed E-state index contributed by atoms with van der Waals surface area (Å²) in [6, 6.07) is 0. The Bertz CT molecular complexity index is 483. The molecule has 0 spiro atoms. The molecule has 0 heterocycles. The molecule has 1 nitrogen and oxygen atoms in total. The fraction of sp³-hybridized carbons (Fsp3) is 0.976. The minimum absolute atomic E-state index is 0.529. The van der Waals surface area contributed by atoms with Crippen molar-refractivity contribution < 1.29 is 4.79 Å². The Labute approximate surface area is 267 Å². The first-order valence-electron chi connectivity index (χ1n) is 20.3. The van der Waals surface area contributed by atoms with Crippen molar-refractivity contribution in [1.29, 1.82) is 0 Å². The van der Waals surface area contributed by atoms with E-state index in [1.807, 2.05) is 0 Å². The van der Waals surface area contributed by atoms with Crippen molar-refractivity contribution in [2.75, 3.05) is 0 Å². The second-order valence-electron chi connectivity index (χ2n) is 14.1. The van der Waals surface area contributed by atoms with Gasteiger partial charge in [-0.1, -0.05) is 232 Å². The van der Waals surface area contributed by atoms with Gasteiger partial charge in [-0.15, -0.1) is 0 Å². The number of hydrogen-bond donors (Lipinski definition) is 0. The average molecular weight is 591 g/mol. The number of ketones is 1. The summed E-state index contributed by atoms with van der Waals surface area (Å²) in [6.07, 6.45) is 52.4. The Kier molecular flexibility index (Phi) is 38.4. The Morgan fingerprint density at radius 3 is 0.548 bits per heavy atom. The Morgan fingerprint density at radius 2 is 0.381 bits per heavy atom. The molecule has 0 bridgehead atoms. The van der Waals surface area contributed by atoms with Crippen LogP contribution in [0.3, 0.4) is 0 Å². The lowest BCUT2D eigenvalue weighted by atomic mass is 10.0. The van der Waals surface area contributed by atoms with Gasteiger partial charge in [0.05, 0.1) is 0 Å². The first-order valence-corrected chi connectivity index (χ1v) is 20.3. The molecule has 0 atom stereocenters. The van der Waals surface area contributed by atoms with Gasteiger partial charge in [0.15, 0.2) is 0 Å². The molecule has 1 heteroatoms. The topological polar surface area (TPSA) is 17.1 Å². The number of Topliss-reactive ketones (excluding diaryl/α,β-unsaturated/α-hetero) is 1. The van der Waals surface area contributed by atoms with E-state index in [-0.39, 0.29) is 0 Å². The molecule has 0 aromatic rings. The number of carbonyl (C=O) groups is 1. The fourth-order valence-electron chi connectivity index (χ4n) is 6.57. The normalized spacial score (nSPS) is 11.5. The standard InChI is InChI=1S/C41H82O/c1-3-5-7-9-11-13-15-17-18-19-20-21-22-23-24-25-26-27-28-30-32-34-36-38-40-41(42)39-37-35-33-31-29-16-14-12-10-8-6-4-2/h3-40H2,1-2H3. The zero-order valence-corrected chi connectivity index (χ0v) is 29.8. The van der Waals surface area contributed by atoms with Crippen LogP contribution in [0.25, 0.3) is 0 Å². The van der Waals surface area contributed by atoms with E-state index in [2.05, 4.69) is 13.8 Å². The van der Waals surface area contributed by atoms with Crippen molar-refractivity contribution in [3.05, 3.63) is 0 Å². The first kappa shape index (κ1) is 41.7. The van der Waals surface area contributed by atoms with Crippen LogP contribution in [-0.2, 0) is 4.79 Å². The zero-order chi connectivity index (χ0) is 30.4. The molecule has 0 amide bonds. The maximum atomic E-state index is 12.1. The van der Waals surface area contributed by atoms with Crippen molar-refractivity contribution >= 4 is 5.78 Å². The van der Waals surface area contributed by atoms with Crippen LogP contribution in [0.1, 0.15) is 258 Å². The number of carbonyl (C=O) groups excluding carboxylic acids is 1. The Balaban J connectivity index is 3.12. The Morgan fingerprint density at radius 1 is 0.238 bits per heavy atom. The van der Waals surface area contributed by atoms with E-state index in [4.69, 9.17) is 0 Å². The molecule has 0 radical (unpaired) electrons. The summed E-state index contributed by atoms with van der Waals surface area (Å²) in [6.45, 7) is 4.59. The summed E-state index contributed by atoms with van der Waals surface area (Å²) < 4.78 is 0. The molecule has 0 aliphatic heterocycles. The van der Waals surface area contributed by atoms with Crippen molar-refractivity contribution in [3.8, 4) is 0 Å². The second kappa shape index (κ2) is 38.7. The SMILES string of the molecule is CCCCCCCCCCCCCCCCCCCCCCCCCCC(=O)CCCCCCCCCCCCCC. The van der Waals surface area contributed by atoms with Gasteiger partial charge in [0.2, 0.25) is 0 Å². The van der Waals surface area contributed by atoms with Crippen LogP contribution in [0.15, 0.2) is 0 Å². The highest BCUT2D eigenvalue weighted by Gasteiger charge is 2.02. The first-order chi connectivity index (χ1) is 20.8. The van der Waals surface area contributed by atoms with Crippen LogP contribution >= 0.6 is 0 Å². The highest BCUT2D eigenvalue weighted by atomic mass is 16.1. The van der Waals surface area contributed by atoms with Gasteiger partial charge in [0, 0.05) is 12.8 Å². The molecule has 0 rings (SSSR count). The molecular formula is C41H82O. The Hall–Kier alpha value is -0.330. The average Bonchev–Trinajstić information content (AvgIpc) is 3.00. The third kappa shape index (κ3) is 37.7. The molecule has 0 aromatic heterocycles. The predicted molar refractivity (Wildman–Crippen MR) is 192 cm³/mol. The van der Waals surface area contributed by atoms with Gasteiger partial charge in [-0.25, -0.2) is 0 Å². The molecule has 252 valence electrons. The van der Waals surface area contributed by atoms with Gasteiger partial charge in [0.1, 0.15) is 5.78 Å². The molecule has 0 aliphatic carbocycles. The van der Waals surface area contributed by atoms with Gasteiger partial charge >= 0.3 is 0 Å². The van der Waals surface area contributed by atoms with Gasteiger partial charge < -0.3 is 0 Å². The molecule has 0 aromatic carbocycles. The van der Waals surface area contributed by atoms with Crippen molar-refractivity contribution in [3.63, 3.8) is 0 Å². The second-order valence-corrected chi connectivity index (χ2v) is 14.1. The summed E-state index contributed by atoms with van der Waals surface area (Å²) in [7, 11) is 0. The van der Waals surface area contributed by atoms with Crippen molar-refractivity contribution in [2.45, 2.75) is 258 Å². The largest absolute Gasteiger partial charge is 0.300 e. The van der Waals surface area contributed by atoms with E-state index in [1.54, 1.807) is 0 Å². The molecule has 42 heavy (non-hydrogen) atoms. The van der Waals surface area contributed by atoms with E-state index >= 15 is 0 Å². The summed E-state index contributed by atoms with van der Waals surface area (Å²) in [4.78, 5) is 12.1. The van der Waals surface area contributed by atoms with Crippen LogP contribution in [-0.4, -0.2) is 5.78 Å². The van der Waals surface area contributed by atoms with Crippen LogP contribution < -0.4 is 0 Å². The number of unbranched alkanes of at least 4 members (excludes halogenated alkanes) is 34. The quantitative estimate of drug-likeness (QED) is 0.0654. The van der Waals surface area contributed by atoms with E-state index in [0.29, 0.717) is 5.78 Å². The van der Waals surface area contributed by atoms with Crippen LogP contribution in [0.2, 0.25) is 0 Å². The maximum absolute atomic E-state index is 12.1. The monoisotopic (exact) mass is 591 g/mol. The predicted octanol–water partition coefficient (Wildman–Crippen LogP) is 15.4. The van der Waals surface area contributed by atoms with Gasteiger partial charge in [-0.3, -0.25) is 4.79 Å². The molecule has 0 aliphatic rings. The highest BCUT2D eigenvalue weighted by Crippen LogP contribution is 2.17. The van der Waals surface area contributed by atoms with Crippen LogP contribution in [0.4, 0.5) is 0 Å². The van der Waals surface area contributed by atoms with Crippen LogP contribution in [0.5, 0.6) is 0 Å². The lowest BCUT2D eigenvalue weighted by Crippen LogP contribution is -1.97. The minimum atomic E-state index is 0.529. The highest BCUT2D eigenvalue weighted by molar-refractivity contribution is 5.78. The van der Waals surface area contributed by atoms with Crippen LogP contribution in [0, 0.1) is 0 Å². The summed E-state index contributed by atoms with van der Waals surface area (Å²) >= 11 is 0. The molecular weight excluding hydrogens is 508 g/mol. The number of rotatable bonds is 38. The van der Waals surface area contributed by atoms with E-state index < -0.39 is 0 Å². The summed E-state index contributed by atoms with van der Waals surface area (Å²) in [5.74, 6) is 0.529. The molecule has 0 N–H and O–H groups in total.